The lowest BCUT2D eigenvalue weighted by molar-refractivity contribution is 0.0933. The predicted molar refractivity (Wildman–Crippen MR) is 109 cm³/mol. The van der Waals surface area contributed by atoms with Crippen LogP contribution in [0.5, 0.6) is 5.75 Å². The molecule has 156 valence electrons. The number of nitrogens with one attached hydrogen (secondary N) is 1. The van der Waals surface area contributed by atoms with Crippen molar-refractivity contribution in [3.05, 3.63) is 76.6 Å². The standard InChI is InChI=1S/C23H23F2N3O2/c1-14(15-7-12-21(30-2)19(25)13-15)26-23(29)22-18-5-3-4-6-20(18)28(27-22)17-10-8-16(24)9-11-17/h7-14H,3-6H2,1-2H3,(H,26,29). The minimum Gasteiger partial charge on any atom is -0.494 e. The second-order valence-electron chi connectivity index (χ2n) is 7.46. The van der Waals surface area contributed by atoms with E-state index in [2.05, 4.69) is 10.4 Å². The van der Waals surface area contributed by atoms with Gasteiger partial charge in [0.15, 0.2) is 17.3 Å². The molecular weight excluding hydrogens is 388 g/mol. The maximum atomic E-state index is 14.0. The number of rotatable bonds is 5. The smallest absolute Gasteiger partial charge is 0.272 e. The van der Waals surface area contributed by atoms with Gasteiger partial charge in [0.05, 0.1) is 18.8 Å². The number of benzene rings is 2. The largest absolute Gasteiger partial charge is 0.494 e. The predicted octanol–water partition coefficient (Wildman–Crippen LogP) is 4.53. The van der Waals surface area contributed by atoms with Crippen molar-refractivity contribution in [1.82, 2.24) is 15.1 Å². The van der Waals surface area contributed by atoms with Crippen molar-refractivity contribution in [2.24, 2.45) is 0 Å². The van der Waals surface area contributed by atoms with Gasteiger partial charge in [-0.3, -0.25) is 4.79 Å². The van der Waals surface area contributed by atoms with Gasteiger partial charge in [0.2, 0.25) is 0 Å². The van der Waals surface area contributed by atoms with Crippen molar-refractivity contribution in [3.8, 4) is 11.4 Å². The number of hydrogen-bond acceptors (Lipinski definition) is 3. The summed E-state index contributed by atoms with van der Waals surface area (Å²) in [5.74, 6) is -0.950. The van der Waals surface area contributed by atoms with E-state index in [1.807, 2.05) is 0 Å². The van der Waals surface area contributed by atoms with E-state index in [9.17, 15) is 13.6 Å². The Kier molecular flexibility index (Phi) is 5.53. The molecule has 0 fully saturated rings. The fourth-order valence-electron chi connectivity index (χ4n) is 3.88. The first-order valence-corrected chi connectivity index (χ1v) is 9.99. The van der Waals surface area contributed by atoms with Crippen LogP contribution in [0.4, 0.5) is 8.78 Å². The summed E-state index contributed by atoms with van der Waals surface area (Å²) < 4.78 is 34.0. The lowest BCUT2D eigenvalue weighted by atomic mass is 9.95. The van der Waals surface area contributed by atoms with Gasteiger partial charge in [0, 0.05) is 11.3 Å². The van der Waals surface area contributed by atoms with Crippen molar-refractivity contribution in [2.45, 2.75) is 38.6 Å². The van der Waals surface area contributed by atoms with E-state index in [4.69, 9.17) is 4.74 Å². The molecule has 30 heavy (non-hydrogen) atoms. The molecule has 5 nitrogen and oxygen atoms in total. The number of ether oxygens (including phenoxy) is 1. The van der Waals surface area contributed by atoms with Gasteiger partial charge in [-0.15, -0.1) is 0 Å². The average Bonchev–Trinajstić information content (AvgIpc) is 3.14. The number of hydrogen-bond donors (Lipinski definition) is 1. The molecule has 1 N–H and O–H groups in total. The molecule has 7 heteroatoms. The first-order valence-electron chi connectivity index (χ1n) is 9.99. The van der Waals surface area contributed by atoms with Crippen molar-refractivity contribution in [3.63, 3.8) is 0 Å². The molecule has 1 aliphatic rings. The molecule has 0 bridgehead atoms. The first-order chi connectivity index (χ1) is 14.5. The number of methoxy groups -OCH3 is 1. The fraction of sp³-hybridized carbons (Fsp3) is 0.304. The monoisotopic (exact) mass is 411 g/mol. The molecule has 0 radical (unpaired) electrons. The Balaban J connectivity index is 1.62. The van der Waals surface area contributed by atoms with Gasteiger partial charge in [-0.05, 0) is 74.6 Å². The number of amides is 1. The van der Waals surface area contributed by atoms with Crippen molar-refractivity contribution in [2.75, 3.05) is 7.11 Å². The van der Waals surface area contributed by atoms with Gasteiger partial charge in [-0.2, -0.15) is 5.10 Å². The summed E-state index contributed by atoms with van der Waals surface area (Å²) in [6, 6.07) is 10.3. The van der Waals surface area contributed by atoms with Crippen LogP contribution in [0.25, 0.3) is 5.69 Å². The van der Waals surface area contributed by atoms with Gasteiger partial charge in [0.25, 0.3) is 5.91 Å². The topological polar surface area (TPSA) is 56.1 Å². The Labute approximate surface area is 173 Å². The van der Waals surface area contributed by atoms with E-state index in [0.29, 0.717) is 11.3 Å². The zero-order valence-corrected chi connectivity index (χ0v) is 16.9. The zero-order chi connectivity index (χ0) is 21.3. The van der Waals surface area contributed by atoms with Crippen LogP contribution < -0.4 is 10.1 Å². The van der Waals surface area contributed by atoms with E-state index >= 15 is 0 Å². The van der Waals surface area contributed by atoms with Crippen LogP contribution in [0.1, 0.15) is 53.1 Å². The maximum absolute atomic E-state index is 14.0. The Bertz CT molecular complexity index is 1080. The van der Waals surface area contributed by atoms with Crippen LogP contribution in [0.2, 0.25) is 0 Å². The third kappa shape index (κ3) is 3.79. The van der Waals surface area contributed by atoms with Crippen LogP contribution >= 0.6 is 0 Å². The lowest BCUT2D eigenvalue weighted by Gasteiger charge is -2.16. The molecule has 1 atom stereocenters. The highest BCUT2D eigenvalue weighted by Gasteiger charge is 2.26. The lowest BCUT2D eigenvalue weighted by Crippen LogP contribution is -2.28. The summed E-state index contributed by atoms with van der Waals surface area (Å²) in [6.45, 7) is 1.79. The van der Waals surface area contributed by atoms with Crippen LogP contribution in [-0.4, -0.2) is 22.8 Å². The van der Waals surface area contributed by atoms with Crippen LogP contribution in [0, 0.1) is 11.6 Å². The minimum absolute atomic E-state index is 0.157. The number of carbonyl (C=O) groups excluding carboxylic acids is 1. The summed E-state index contributed by atoms with van der Waals surface area (Å²) in [7, 11) is 1.41. The highest BCUT2D eigenvalue weighted by molar-refractivity contribution is 5.94. The van der Waals surface area contributed by atoms with Gasteiger partial charge < -0.3 is 10.1 Å². The second-order valence-corrected chi connectivity index (χ2v) is 7.46. The molecule has 0 saturated heterocycles. The number of fused-ring (bicyclic) bond motifs is 1. The Morgan fingerprint density at radius 2 is 1.87 bits per heavy atom. The molecule has 0 saturated carbocycles. The molecule has 0 aliphatic heterocycles. The molecular formula is C23H23F2N3O2. The average molecular weight is 411 g/mol. The Morgan fingerprint density at radius 1 is 1.13 bits per heavy atom. The van der Waals surface area contributed by atoms with E-state index < -0.39 is 11.9 Å². The molecule has 1 aromatic heterocycles. The molecule has 3 aromatic rings. The summed E-state index contributed by atoms with van der Waals surface area (Å²) in [5.41, 5.74) is 3.64. The zero-order valence-electron chi connectivity index (χ0n) is 16.9. The molecule has 0 spiro atoms. The Morgan fingerprint density at radius 3 is 2.57 bits per heavy atom. The number of halogens is 2. The van der Waals surface area contributed by atoms with E-state index in [1.54, 1.807) is 35.9 Å². The summed E-state index contributed by atoms with van der Waals surface area (Å²) in [4.78, 5) is 13.0. The summed E-state index contributed by atoms with van der Waals surface area (Å²) in [6.07, 6.45) is 3.58. The van der Waals surface area contributed by atoms with Gasteiger partial charge in [-0.1, -0.05) is 6.07 Å². The summed E-state index contributed by atoms with van der Waals surface area (Å²) in [5, 5.41) is 7.49. The number of nitrogens with zero attached hydrogens (tertiary/aromatic N) is 2. The minimum atomic E-state index is -0.478. The van der Waals surface area contributed by atoms with E-state index in [1.165, 1.54) is 25.3 Å². The molecule has 1 aliphatic carbocycles. The first kappa shape index (κ1) is 20.1. The Hall–Kier alpha value is -3.22. The van der Waals surface area contributed by atoms with E-state index in [0.717, 1.165) is 42.6 Å². The maximum Gasteiger partial charge on any atom is 0.272 e. The van der Waals surface area contributed by atoms with Crippen molar-refractivity contribution in [1.29, 1.82) is 0 Å². The third-order valence-electron chi connectivity index (χ3n) is 5.49. The molecule has 4 rings (SSSR count). The third-order valence-corrected chi connectivity index (χ3v) is 5.49. The van der Waals surface area contributed by atoms with E-state index in [-0.39, 0.29) is 17.5 Å². The van der Waals surface area contributed by atoms with Crippen LogP contribution in [0.15, 0.2) is 42.5 Å². The van der Waals surface area contributed by atoms with Gasteiger partial charge in [-0.25, -0.2) is 13.5 Å². The molecule has 1 unspecified atom stereocenters. The number of carbonyl (C=O) groups is 1. The van der Waals surface area contributed by atoms with Crippen LogP contribution in [0.3, 0.4) is 0 Å². The van der Waals surface area contributed by atoms with Gasteiger partial charge >= 0.3 is 0 Å². The van der Waals surface area contributed by atoms with Crippen molar-refractivity contribution >= 4 is 5.91 Å². The second kappa shape index (κ2) is 8.26. The van der Waals surface area contributed by atoms with Gasteiger partial charge in [0.1, 0.15) is 5.82 Å². The fourth-order valence-corrected chi connectivity index (χ4v) is 3.88. The highest BCUT2D eigenvalue weighted by Crippen LogP contribution is 2.28. The van der Waals surface area contributed by atoms with Crippen molar-refractivity contribution < 1.29 is 18.3 Å². The normalized spacial score (nSPS) is 14.1. The quantitative estimate of drug-likeness (QED) is 0.671. The molecule has 2 aromatic carbocycles. The SMILES string of the molecule is COc1ccc(C(C)NC(=O)c2nn(-c3ccc(F)cc3)c3c2CCCC3)cc1F. The number of aromatic nitrogens is 2. The van der Waals surface area contributed by atoms with Crippen LogP contribution in [-0.2, 0) is 12.8 Å². The summed E-state index contributed by atoms with van der Waals surface area (Å²) >= 11 is 0. The highest BCUT2D eigenvalue weighted by atomic mass is 19.1. The molecule has 1 heterocycles. The molecule has 1 amide bonds.